The van der Waals surface area contributed by atoms with Crippen molar-refractivity contribution in [2.45, 2.75) is 19.8 Å². The summed E-state index contributed by atoms with van der Waals surface area (Å²) in [6, 6.07) is 7.48. The van der Waals surface area contributed by atoms with Gasteiger partial charge >= 0.3 is 0 Å². The van der Waals surface area contributed by atoms with Crippen LogP contribution in [0.1, 0.15) is 19.8 Å². The number of nitrogen functional groups attached to an aromatic ring is 1. The Balaban J connectivity index is 1.69. The van der Waals surface area contributed by atoms with E-state index < -0.39 is 0 Å². The molecule has 1 aliphatic rings. The van der Waals surface area contributed by atoms with E-state index in [-0.39, 0.29) is 11.3 Å². The Morgan fingerprint density at radius 2 is 2.33 bits per heavy atom. The quantitative estimate of drug-likeness (QED) is 0.615. The fourth-order valence-corrected chi connectivity index (χ4v) is 2.82. The van der Waals surface area contributed by atoms with Crippen molar-refractivity contribution >= 4 is 11.6 Å². The second-order valence-electron chi connectivity index (χ2n) is 5.94. The number of ether oxygens (including phenoxy) is 1. The van der Waals surface area contributed by atoms with E-state index in [1.165, 1.54) is 0 Å². The number of nitrogens with one attached hydrogen (secondary N) is 1. The molecule has 1 amide bonds. The molecule has 1 aromatic carbocycles. The molecule has 0 radical (unpaired) electrons. The zero-order valence-electron chi connectivity index (χ0n) is 12.9. The number of carbonyl (C=O) groups excluding carboxylic acids is 1. The molecule has 1 heterocycles. The van der Waals surface area contributed by atoms with Gasteiger partial charge in [0, 0.05) is 31.9 Å². The third-order valence-electron chi connectivity index (χ3n) is 4.07. The van der Waals surface area contributed by atoms with Crippen LogP contribution in [0.25, 0.3) is 0 Å². The molecule has 0 bridgehead atoms. The van der Waals surface area contributed by atoms with E-state index in [0.717, 1.165) is 38.2 Å². The van der Waals surface area contributed by atoms with Gasteiger partial charge in [0.2, 0.25) is 5.91 Å². The molecule has 1 unspecified atom stereocenters. The largest absolute Gasteiger partial charge is 0.493 e. The van der Waals surface area contributed by atoms with Crippen molar-refractivity contribution in [1.82, 2.24) is 10.2 Å². The Hall–Kier alpha value is -1.75. The number of rotatable bonds is 6. The number of nitrogens with two attached hydrogens (primary N) is 1. The number of likely N-dealkylation sites (tertiary alicyclic amines) is 1. The molecule has 1 saturated heterocycles. The van der Waals surface area contributed by atoms with Crippen molar-refractivity contribution in [3.63, 3.8) is 0 Å². The third kappa shape index (κ3) is 4.11. The molecule has 5 nitrogen and oxygen atoms in total. The molecule has 21 heavy (non-hydrogen) atoms. The van der Waals surface area contributed by atoms with Gasteiger partial charge in [0.05, 0.1) is 12.0 Å². The van der Waals surface area contributed by atoms with Crippen LogP contribution in [0.4, 0.5) is 5.69 Å². The smallest absolute Gasteiger partial charge is 0.227 e. The van der Waals surface area contributed by atoms with Gasteiger partial charge in [0.25, 0.3) is 0 Å². The number of carbonyl (C=O) groups is 1. The maximum Gasteiger partial charge on any atom is 0.227 e. The maximum absolute atomic E-state index is 11.9. The predicted molar refractivity (Wildman–Crippen MR) is 84.2 cm³/mol. The number of anilines is 1. The Kier molecular flexibility index (Phi) is 5.07. The molecular formula is C16H25N3O2. The van der Waals surface area contributed by atoms with E-state index in [1.54, 1.807) is 7.05 Å². The summed E-state index contributed by atoms with van der Waals surface area (Å²) in [5, 5.41) is 2.76. The number of hydrogen-bond acceptors (Lipinski definition) is 4. The summed E-state index contributed by atoms with van der Waals surface area (Å²) in [6.45, 7) is 5.45. The van der Waals surface area contributed by atoms with Crippen molar-refractivity contribution in [1.29, 1.82) is 0 Å². The minimum atomic E-state index is -0.247. The zero-order valence-corrected chi connectivity index (χ0v) is 12.9. The van der Waals surface area contributed by atoms with E-state index in [4.69, 9.17) is 10.5 Å². The molecule has 5 heteroatoms. The molecule has 116 valence electrons. The summed E-state index contributed by atoms with van der Waals surface area (Å²) in [7, 11) is 1.70. The molecular weight excluding hydrogens is 266 g/mol. The highest BCUT2D eigenvalue weighted by molar-refractivity contribution is 5.82. The van der Waals surface area contributed by atoms with Crippen LogP contribution in [0, 0.1) is 5.41 Å². The summed E-state index contributed by atoms with van der Waals surface area (Å²) >= 11 is 0. The van der Waals surface area contributed by atoms with Crippen molar-refractivity contribution < 1.29 is 9.53 Å². The summed E-state index contributed by atoms with van der Waals surface area (Å²) in [6.07, 6.45) is 1.86. The summed E-state index contributed by atoms with van der Waals surface area (Å²) in [5.41, 5.74) is 6.18. The third-order valence-corrected chi connectivity index (χ3v) is 4.07. The van der Waals surface area contributed by atoms with Crippen LogP contribution in [0.2, 0.25) is 0 Å². The first-order valence-electron chi connectivity index (χ1n) is 7.46. The van der Waals surface area contributed by atoms with Gasteiger partial charge in [-0.2, -0.15) is 0 Å². The predicted octanol–water partition coefficient (Wildman–Crippen LogP) is 1.50. The van der Waals surface area contributed by atoms with E-state index in [0.29, 0.717) is 12.3 Å². The Morgan fingerprint density at radius 1 is 1.52 bits per heavy atom. The minimum absolute atomic E-state index is 0.140. The second-order valence-corrected chi connectivity index (χ2v) is 5.94. The van der Waals surface area contributed by atoms with Gasteiger partial charge < -0.3 is 20.7 Å². The first-order chi connectivity index (χ1) is 10.0. The first kappa shape index (κ1) is 15.6. The summed E-state index contributed by atoms with van der Waals surface area (Å²) in [4.78, 5) is 14.2. The van der Waals surface area contributed by atoms with Gasteiger partial charge in [-0.1, -0.05) is 6.07 Å². The van der Waals surface area contributed by atoms with Gasteiger partial charge in [-0.3, -0.25) is 4.79 Å². The van der Waals surface area contributed by atoms with E-state index in [1.807, 2.05) is 31.2 Å². The lowest BCUT2D eigenvalue weighted by molar-refractivity contribution is -0.129. The molecule has 0 spiro atoms. The second kappa shape index (κ2) is 6.80. The Morgan fingerprint density at radius 3 is 3.05 bits per heavy atom. The summed E-state index contributed by atoms with van der Waals surface area (Å²) in [5.74, 6) is 0.952. The average Bonchev–Trinajstić information content (AvgIpc) is 2.86. The molecule has 0 saturated carbocycles. The Labute approximate surface area is 126 Å². The fourth-order valence-electron chi connectivity index (χ4n) is 2.82. The first-order valence-corrected chi connectivity index (χ1v) is 7.46. The van der Waals surface area contributed by atoms with Gasteiger partial charge in [0.1, 0.15) is 5.75 Å². The van der Waals surface area contributed by atoms with Crippen LogP contribution in [0.3, 0.4) is 0 Å². The highest BCUT2D eigenvalue weighted by Crippen LogP contribution is 2.29. The van der Waals surface area contributed by atoms with Gasteiger partial charge in [-0.15, -0.1) is 0 Å². The van der Waals surface area contributed by atoms with E-state index >= 15 is 0 Å². The lowest BCUT2D eigenvalue weighted by Gasteiger charge is -2.22. The molecule has 0 aromatic heterocycles. The zero-order chi connectivity index (χ0) is 15.3. The fraction of sp³-hybridized carbons (Fsp3) is 0.562. The normalized spacial score (nSPS) is 22.2. The molecule has 1 aromatic rings. The van der Waals surface area contributed by atoms with Crippen LogP contribution in [-0.2, 0) is 4.79 Å². The van der Waals surface area contributed by atoms with Gasteiger partial charge in [-0.05, 0) is 38.4 Å². The number of hydrogen-bond donors (Lipinski definition) is 2. The molecule has 1 fully saturated rings. The topological polar surface area (TPSA) is 67.6 Å². The van der Waals surface area contributed by atoms with Crippen LogP contribution in [0.5, 0.6) is 5.75 Å². The van der Waals surface area contributed by atoms with Crippen LogP contribution in [0.15, 0.2) is 24.3 Å². The van der Waals surface area contributed by atoms with Crippen molar-refractivity contribution in [3.05, 3.63) is 24.3 Å². The van der Waals surface area contributed by atoms with Crippen molar-refractivity contribution in [2.24, 2.45) is 5.41 Å². The molecule has 1 atom stereocenters. The number of benzene rings is 1. The van der Waals surface area contributed by atoms with Crippen molar-refractivity contribution in [3.8, 4) is 5.75 Å². The minimum Gasteiger partial charge on any atom is -0.493 e. The van der Waals surface area contributed by atoms with Gasteiger partial charge in [0.15, 0.2) is 0 Å². The van der Waals surface area contributed by atoms with E-state index in [2.05, 4.69) is 10.2 Å². The molecule has 2 rings (SSSR count). The summed E-state index contributed by atoms with van der Waals surface area (Å²) < 4.78 is 5.68. The molecule has 0 aliphatic carbocycles. The average molecular weight is 291 g/mol. The van der Waals surface area contributed by atoms with Gasteiger partial charge in [-0.25, -0.2) is 0 Å². The SMILES string of the molecule is CNC(=O)C1(C)CCN(CCCOc2cccc(N)c2)C1. The monoisotopic (exact) mass is 291 g/mol. The van der Waals surface area contributed by atoms with Crippen molar-refractivity contribution in [2.75, 3.05) is 39.0 Å². The highest BCUT2D eigenvalue weighted by Gasteiger charge is 2.39. The lowest BCUT2D eigenvalue weighted by atomic mass is 9.89. The Bertz CT molecular complexity index is 492. The van der Waals surface area contributed by atoms with Crippen LogP contribution >= 0.6 is 0 Å². The maximum atomic E-state index is 11.9. The molecule has 3 N–H and O–H groups in total. The van der Waals surface area contributed by atoms with E-state index in [9.17, 15) is 4.79 Å². The highest BCUT2D eigenvalue weighted by atomic mass is 16.5. The molecule has 1 aliphatic heterocycles. The standard InChI is InChI=1S/C16H25N3O2/c1-16(15(20)18-2)7-9-19(12-16)8-4-10-21-14-6-3-5-13(17)11-14/h3,5-6,11H,4,7-10,12,17H2,1-2H3,(H,18,20). The lowest BCUT2D eigenvalue weighted by Crippen LogP contribution is -2.39. The van der Waals surface area contributed by atoms with Crippen LogP contribution < -0.4 is 15.8 Å². The van der Waals surface area contributed by atoms with Crippen LogP contribution in [-0.4, -0.2) is 44.1 Å². The number of nitrogens with zero attached hydrogens (tertiary/aromatic N) is 1. The number of amides is 1.